The SMILES string of the molecule is CCC(C)(C)C(=O)OC(C)(C)C.CCC(C)(C)C(=O)OC(C)(C)C12CC3CC(CC(C3)C1)C2.CCC(C)(C)C(=O)OC(C)(C)C1CCCC1.CCC(C)(C)C(=O)OC(C)(C)C1CCCCC1.CCC(C)C(=O)OC(C)(C)C. The van der Waals surface area contributed by atoms with Gasteiger partial charge in [0.05, 0.1) is 27.6 Å². The first kappa shape index (κ1) is 72.4. The Morgan fingerprint density at radius 2 is 0.675 bits per heavy atom. The quantitative estimate of drug-likeness (QED) is 0.109. The average Bonchev–Trinajstić information content (AvgIpc) is 3.87. The molecule has 77 heavy (non-hydrogen) atoms. The van der Waals surface area contributed by atoms with Gasteiger partial charge in [0.15, 0.2) is 0 Å². The molecule has 0 radical (unpaired) electrons. The molecule has 1 atom stereocenters. The van der Waals surface area contributed by atoms with Gasteiger partial charge < -0.3 is 23.7 Å². The summed E-state index contributed by atoms with van der Waals surface area (Å²) >= 11 is 0. The Morgan fingerprint density at radius 1 is 0.403 bits per heavy atom. The number of rotatable bonds is 16. The van der Waals surface area contributed by atoms with Gasteiger partial charge >= 0.3 is 29.8 Å². The minimum atomic E-state index is -0.372. The van der Waals surface area contributed by atoms with Crippen LogP contribution in [0.5, 0.6) is 0 Å². The van der Waals surface area contributed by atoms with Crippen molar-refractivity contribution in [2.75, 3.05) is 0 Å². The van der Waals surface area contributed by atoms with Crippen LogP contribution in [0.3, 0.4) is 0 Å². The predicted molar refractivity (Wildman–Crippen MR) is 317 cm³/mol. The highest BCUT2D eigenvalue weighted by atomic mass is 16.6. The fraction of sp³-hybridized carbons (Fsp3) is 0.925. The zero-order valence-corrected chi connectivity index (χ0v) is 55.2. The van der Waals surface area contributed by atoms with Gasteiger partial charge in [0, 0.05) is 5.41 Å². The Hall–Kier alpha value is -2.65. The van der Waals surface area contributed by atoms with Gasteiger partial charge in [-0.25, -0.2) is 0 Å². The van der Waals surface area contributed by atoms with E-state index in [1.807, 2.05) is 132 Å². The highest BCUT2D eigenvalue weighted by molar-refractivity contribution is 5.77. The normalized spacial score (nSPS) is 22.7. The Morgan fingerprint density at radius 3 is 0.948 bits per heavy atom. The number of hydrogen-bond acceptors (Lipinski definition) is 10. The second-order valence-corrected chi connectivity index (χ2v) is 30.7. The molecule has 0 saturated heterocycles. The topological polar surface area (TPSA) is 132 Å². The van der Waals surface area contributed by atoms with Crippen molar-refractivity contribution in [2.24, 2.45) is 62.6 Å². The third-order valence-corrected chi connectivity index (χ3v) is 18.9. The molecular weight excluding hydrogens is 965 g/mol. The lowest BCUT2D eigenvalue weighted by Gasteiger charge is -2.61. The zero-order chi connectivity index (χ0) is 60.0. The van der Waals surface area contributed by atoms with Crippen LogP contribution in [-0.2, 0) is 47.7 Å². The van der Waals surface area contributed by atoms with Gasteiger partial charge in [-0.1, -0.05) is 73.6 Å². The molecule has 0 aromatic carbocycles. The Balaban J connectivity index is 0.000000492. The molecule has 0 aliphatic heterocycles. The molecule has 1 unspecified atom stereocenters. The predicted octanol–water partition coefficient (Wildman–Crippen LogP) is 18.4. The number of ether oxygens (including phenoxy) is 5. The summed E-state index contributed by atoms with van der Waals surface area (Å²) in [5.41, 5.74) is -2.80. The fourth-order valence-corrected chi connectivity index (χ4v) is 11.2. The van der Waals surface area contributed by atoms with Crippen molar-refractivity contribution < 1.29 is 47.7 Å². The lowest BCUT2D eigenvalue weighted by molar-refractivity contribution is -0.206. The second kappa shape index (κ2) is 28.9. The molecule has 10 heteroatoms. The van der Waals surface area contributed by atoms with Gasteiger partial charge in [0.2, 0.25) is 0 Å². The van der Waals surface area contributed by atoms with E-state index >= 15 is 0 Å². The molecule has 6 rings (SSSR count). The number of carbonyl (C=O) groups excluding carboxylic acids is 5. The van der Waals surface area contributed by atoms with Gasteiger partial charge in [0.1, 0.15) is 28.0 Å². The summed E-state index contributed by atoms with van der Waals surface area (Å²) in [5.74, 6) is 3.48. The van der Waals surface area contributed by atoms with Crippen LogP contribution in [0, 0.1) is 62.6 Å². The molecule has 6 saturated carbocycles. The van der Waals surface area contributed by atoms with Crippen LogP contribution in [0.2, 0.25) is 0 Å². The van der Waals surface area contributed by atoms with E-state index in [1.54, 1.807) is 0 Å². The van der Waals surface area contributed by atoms with Crippen molar-refractivity contribution in [3.05, 3.63) is 0 Å². The Labute approximate surface area is 474 Å². The molecule has 0 spiro atoms. The largest absolute Gasteiger partial charge is 0.460 e. The molecule has 6 aliphatic rings. The molecular formula is C67H124O10. The first-order valence-corrected chi connectivity index (χ1v) is 31.0. The smallest absolute Gasteiger partial charge is 0.312 e. The maximum atomic E-state index is 12.6. The molecule has 6 fully saturated rings. The highest BCUT2D eigenvalue weighted by Crippen LogP contribution is 2.64. The van der Waals surface area contributed by atoms with Crippen LogP contribution in [0.15, 0.2) is 0 Å². The molecule has 0 heterocycles. The molecule has 6 aliphatic carbocycles. The van der Waals surface area contributed by atoms with Crippen molar-refractivity contribution in [1.29, 1.82) is 0 Å². The molecule has 0 aromatic heterocycles. The lowest BCUT2D eigenvalue weighted by Crippen LogP contribution is -2.58. The van der Waals surface area contributed by atoms with E-state index in [-0.39, 0.29) is 90.8 Å². The second-order valence-electron chi connectivity index (χ2n) is 30.7. The zero-order valence-electron chi connectivity index (χ0n) is 55.2. The van der Waals surface area contributed by atoms with E-state index in [2.05, 4.69) is 48.5 Å². The molecule has 0 N–H and O–H groups in total. The summed E-state index contributed by atoms with van der Waals surface area (Å²) in [6.07, 6.45) is 23.6. The van der Waals surface area contributed by atoms with Crippen LogP contribution < -0.4 is 0 Å². The lowest BCUT2D eigenvalue weighted by atomic mass is 9.46. The number of carbonyl (C=O) groups is 5. The van der Waals surface area contributed by atoms with E-state index in [1.165, 1.54) is 96.3 Å². The van der Waals surface area contributed by atoms with Gasteiger partial charge in [-0.2, -0.15) is 0 Å². The molecule has 452 valence electrons. The maximum Gasteiger partial charge on any atom is 0.312 e. The third kappa shape index (κ3) is 23.0. The molecule has 0 aromatic rings. The van der Waals surface area contributed by atoms with E-state index < -0.39 is 0 Å². The number of esters is 5. The van der Waals surface area contributed by atoms with Gasteiger partial charge in [-0.3, -0.25) is 24.0 Å². The van der Waals surface area contributed by atoms with E-state index in [4.69, 9.17) is 23.7 Å². The summed E-state index contributed by atoms with van der Waals surface area (Å²) in [7, 11) is 0. The van der Waals surface area contributed by atoms with E-state index in [9.17, 15) is 24.0 Å². The minimum absolute atomic E-state index is 0.00857. The van der Waals surface area contributed by atoms with Crippen LogP contribution in [-0.4, -0.2) is 57.9 Å². The minimum Gasteiger partial charge on any atom is -0.460 e. The maximum absolute atomic E-state index is 12.6. The van der Waals surface area contributed by atoms with Crippen LogP contribution >= 0.6 is 0 Å². The standard InChI is InChI=1S/C19H32O2.C15H28O2.C14H26O2.C10H20O2.C9H18O2/c1-6-17(2,3)16(20)21-18(4,5)19-10-13-7-14(11-19)9-15(8-13)12-19;1-6-14(2,3)13(16)17-15(4,5)12-10-8-7-9-11-12;1-6-13(2,3)12(15)16-14(4,5)11-9-7-8-10-11;1-7-10(5,6)8(11)12-9(2,3)4;1-6-7(2)8(10)11-9(3,4)5/h13-15H,6-12H2,1-5H3;12H,6-11H2,1-5H3;11H,6-10H2,1-5H3;7H2,1-6H3;7H,6H2,1-5H3. The van der Waals surface area contributed by atoms with Crippen molar-refractivity contribution in [2.45, 2.75) is 336 Å². The van der Waals surface area contributed by atoms with Crippen molar-refractivity contribution in [3.8, 4) is 0 Å². The highest BCUT2D eigenvalue weighted by Gasteiger charge is 2.59. The van der Waals surface area contributed by atoms with Crippen molar-refractivity contribution in [3.63, 3.8) is 0 Å². The average molecular weight is 1090 g/mol. The monoisotopic (exact) mass is 1090 g/mol. The van der Waals surface area contributed by atoms with Crippen LogP contribution in [0.4, 0.5) is 0 Å². The molecule has 10 nitrogen and oxygen atoms in total. The summed E-state index contributed by atoms with van der Waals surface area (Å²) in [5, 5.41) is 0. The molecule has 0 amide bonds. The summed E-state index contributed by atoms with van der Waals surface area (Å²) in [6.45, 7) is 51.6. The number of hydrogen-bond donors (Lipinski definition) is 0. The van der Waals surface area contributed by atoms with Gasteiger partial charge in [-0.15, -0.1) is 0 Å². The van der Waals surface area contributed by atoms with E-state index in [0.717, 1.165) is 49.9 Å². The first-order chi connectivity index (χ1) is 34.8. The van der Waals surface area contributed by atoms with Crippen molar-refractivity contribution in [1.82, 2.24) is 0 Å². The summed E-state index contributed by atoms with van der Waals surface area (Å²) in [4.78, 5) is 59.4. The summed E-state index contributed by atoms with van der Waals surface area (Å²) in [6, 6.07) is 0. The van der Waals surface area contributed by atoms with Crippen molar-refractivity contribution >= 4 is 29.8 Å². The van der Waals surface area contributed by atoms with Crippen LogP contribution in [0.1, 0.15) is 308 Å². The Bertz CT molecular complexity index is 1800. The van der Waals surface area contributed by atoms with Gasteiger partial charge in [-0.05, 0) is 264 Å². The molecule has 4 bridgehead atoms. The Kier molecular flexibility index (Phi) is 27.1. The van der Waals surface area contributed by atoms with Crippen LogP contribution in [0.25, 0.3) is 0 Å². The fourth-order valence-electron chi connectivity index (χ4n) is 11.2. The summed E-state index contributed by atoms with van der Waals surface area (Å²) < 4.78 is 28.1. The van der Waals surface area contributed by atoms with Gasteiger partial charge in [0.25, 0.3) is 0 Å². The third-order valence-electron chi connectivity index (χ3n) is 18.9. The first-order valence-electron chi connectivity index (χ1n) is 31.0. The van der Waals surface area contributed by atoms with E-state index in [0.29, 0.717) is 11.8 Å².